The van der Waals surface area contributed by atoms with E-state index in [9.17, 15) is 0 Å². The molecule has 0 aliphatic carbocycles. The van der Waals surface area contributed by atoms with Gasteiger partial charge in [0.2, 0.25) is 0 Å². The average molecular weight is 231 g/mol. The van der Waals surface area contributed by atoms with Gasteiger partial charge in [-0.3, -0.25) is 0 Å². The van der Waals surface area contributed by atoms with E-state index in [1.165, 1.54) is 0 Å². The number of para-hydroxylation sites is 1. The topological polar surface area (TPSA) is 38.7 Å². The highest BCUT2D eigenvalue weighted by Gasteiger charge is 2.04. The molecule has 0 fully saturated rings. The van der Waals surface area contributed by atoms with Gasteiger partial charge in [-0.25, -0.2) is 0 Å². The molecule has 1 aromatic rings. The molecule has 1 N–H and O–H groups in total. The summed E-state index contributed by atoms with van der Waals surface area (Å²) in [6.07, 6.45) is -0.763. The zero-order chi connectivity index (χ0) is 11.3. The lowest BCUT2D eigenvalue weighted by Gasteiger charge is -2.11. The highest BCUT2D eigenvalue weighted by molar-refractivity contribution is 6.32. The quantitative estimate of drug-likeness (QED) is 0.624. The van der Waals surface area contributed by atoms with Crippen molar-refractivity contribution in [1.82, 2.24) is 0 Å². The SMILES string of the molecule is Cc1cccc(Cl)c1OCCOC(C)O. The van der Waals surface area contributed by atoms with E-state index < -0.39 is 6.29 Å². The molecule has 1 unspecified atom stereocenters. The third-order valence-electron chi connectivity index (χ3n) is 1.85. The van der Waals surface area contributed by atoms with Crippen LogP contribution in [0.3, 0.4) is 0 Å². The van der Waals surface area contributed by atoms with E-state index >= 15 is 0 Å². The Labute approximate surface area is 94.6 Å². The van der Waals surface area contributed by atoms with Gasteiger partial charge in [0.25, 0.3) is 0 Å². The first-order valence-electron chi connectivity index (χ1n) is 4.79. The second-order valence-corrected chi connectivity index (χ2v) is 3.61. The zero-order valence-corrected chi connectivity index (χ0v) is 9.62. The molecule has 0 saturated heterocycles. The van der Waals surface area contributed by atoms with Crippen LogP contribution in [0.1, 0.15) is 12.5 Å². The molecule has 0 aliphatic heterocycles. The summed E-state index contributed by atoms with van der Waals surface area (Å²) in [6, 6.07) is 5.58. The van der Waals surface area contributed by atoms with Gasteiger partial charge in [0.05, 0.1) is 11.6 Å². The first-order chi connectivity index (χ1) is 7.11. The van der Waals surface area contributed by atoms with E-state index in [0.29, 0.717) is 24.0 Å². The molecule has 0 aromatic heterocycles. The standard InChI is InChI=1S/C11H15ClO3/c1-8-4-3-5-10(12)11(8)15-7-6-14-9(2)13/h3-5,9,13H,6-7H2,1-2H3. The van der Waals surface area contributed by atoms with Gasteiger partial charge in [0, 0.05) is 0 Å². The Balaban J connectivity index is 2.43. The molecule has 0 heterocycles. The molecule has 0 radical (unpaired) electrons. The zero-order valence-electron chi connectivity index (χ0n) is 8.87. The van der Waals surface area contributed by atoms with Crippen LogP contribution in [0, 0.1) is 6.92 Å². The highest BCUT2D eigenvalue weighted by Crippen LogP contribution is 2.27. The van der Waals surface area contributed by atoms with Crippen LogP contribution in [0.4, 0.5) is 0 Å². The molecule has 15 heavy (non-hydrogen) atoms. The number of aliphatic hydroxyl groups excluding tert-OH is 1. The molecule has 0 saturated carbocycles. The van der Waals surface area contributed by atoms with E-state index in [1.807, 2.05) is 19.1 Å². The van der Waals surface area contributed by atoms with Gasteiger partial charge in [-0.05, 0) is 25.5 Å². The minimum absolute atomic E-state index is 0.336. The van der Waals surface area contributed by atoms with E-state index in [0.717, 1.165) is 5.56 Å². The fourth-order valence-electron chi connectivity index (χ4n) is 1.16. The minimum Gasteiger partial charge on any atom is -0.489 e. The fourth-order valence-corrected chi connectivity index (χ4v) is 1.44. The molecule has 3 nitrogen and oxygen atoms in total. The Bertz CT molecular complexity index is 292. The maximum absolute atomic E-state index is 8.85. The van der Waals surface area contributed by atoms with Crippen LogP contribution in [0.2, 0.25) is 5.02 Å². The molecule has 0 bridgehead atoms. The highest BCUT2D eigenvalue weighted by atomic mass is 35.5. The lowest BCUT2D eigenvalue weighted by molar-refractivity contribution is -0.0913. The van der Waals surface area contributed by atoms with E-state index in [1.54, 1.807) is 13.0 Å². The number of rotatable bonds is 5. The van der Waals surface area contributed by atoms with Gasteiger partial charge in [0.15, 0.2) is 6.29 Å². The molecule has 4 heteroatoms. The Morgan fingerprint density at radius 2 is 2.13 bits per heavy atom. The third-order valence-corrected chi connectivity index (χ3v) is 2.15. The number of benzene rings is 1. The summed E-state index contributed by atoms with van der Waals surface area (Å²) in [5.74, 6) is 0.674. The summed E-state index contributed by atoms with van der Waals surface area (Å²) in [7, 11) is 0. The average Bonchev–Trinajstić information content (AvgIpc) is 2.15. The predicted octanol–water partition coefficient (Wildman–Crippen LogP) is 2.38. The van der Waals surface area contributed by atoms with Gasteiger partial charge in [-0.15, -0.1) is 0 Å². The van der Waals surface area contributed by atoms with Crippen LogP contribution in [0.5, 0.6) is 5.75 Å². The molecular weight excluding hydrogens is 216 g/mol. The predicted molar refractivity (Wildman–Crippen MR) is 59.3 cm³/mol. The summed E-state index contributed by atoms with van der Waals surface area (Å²) in [4.78, 5) is 0. The molecule has 1 aromatic carbocycles. The normalized spacial score (nSPS) is 12.5. The van der Waals surface area contributed by atoms with Gasteiger partial charge in [-0.1, -0.05) is 23.7 Å². The number of hydrogen-bond acceptors (Lipinski definition) is 3. The summed E-state index contributed by atoms with van der Waals surface area (Å²) in [5.41, 5.74) is 0.986. The summed E-state index contributed by atoms with van der Waals surface area (Å²) in [5, 5.41) is 9.44. The first kappa shape index (κ1) is 12.3. The van der Waals surface area contributed by atoms with Gasteiger partial charge >= 0.3 is 0 Å². The largest absolute Gasteiger partial charge is 0.489 e. The number of hydrogen-bond donors (Lipinski definition) is 1. The fraction of sp³-hybridized carbons (Fsp3) is 0.455. The van der Waals surface area contributed by atoms with E-state index in [-0.39, 0.29) is 0 Å². The molecule has 1 atom stereocenters. The molecule has 0 spiro atoms. The van der Waals surface area contributed by atoms with E-state index in [4.69, 9.17) is 26.2 Å². The summed E-state index contributed by atoms with van der Waals surface area (Å²) >= 11 is 5.96. The molecule has 84 valence electrons. The van der Waals surface area contributed by atoms with Crippen LogP contribution in [0.25, 0.3) is 0 Å². The Kier molecular flexibility index (Phi) is 4.88. The van der Waals surface area contributed by atoms with Crippen molar-refractivity contribution >= 4 is 11.6 Å². The van der Waals surface area contributed by atoms with Gasteiger partial charge < -0.3 is 14.6 Å². The van der Waals surface area contributed by atoms with Crippen molar-refractivity contribution in [2.75, 3.05) is 13.2 Å². The maximum Gasteiger partial charge on any atom is 0.151 e. The molecule has 0 amide bonds. The van der Waals surface area contributed by atoms with Crippen molar-refractivity contribution in [3.05, 3.63) is 28.8 Å². The van der Waals surface area contributed by atoms with Crippen molar-refractivity contribution in [3.8, 4) is 5.75 Å². The van der Waals surface area contributed by atoms with Crippen molar-refractivity contribution in [3.63, 3.8) is 0 Å². The van der Waals surface area contributed by atoms with Crippen LogP contribution in [0.15, 0.2) is 18.2 Å². The first-order valence-corrected chi connectivity index (χ1v) is 5.16. The van der Waals surface area contributed by atoms with Crippen molar-refractivity contribution in [1.29, 1.82) is 0 Å². The number of ether oxygens (including phenoxy) is 2. The second-order valence-electron chi connectivity index (χ2n) is 3.20. The van der Waals surface area contributed by atoms with Crippen LogP contribution >= 0.6 is 11.6 Å². The maximum atomic E-state index is 8.85. The number of aliphatic hydroxyl groups is 1. The van der Waals surface area contributed by atoms with Crippen molar-refractivity contribution in [2.45, 2.75) is 20.1 Å². The minimum atomic E-state index is -0.763. The number of halogens is 1. The second kappa shape index (κ2) is 5.95. The Morgan fingerprint density at radius 3 is 2.73 bits per heavy atom. The van der Waals surface area contributed by atoms with Crippen molar-refractivity contribution < 1.29 is 14.6 Å². The molecule has 0 aliphatic rings. The molecular formula is C11H15ClO3. The van der Waals surface area contributed by atoms with Gasteiger partial charge in [0.1, 0.15) is 12.4 Å². The summed E-state index contributed by atoms with van der Waals surface area (Å²) < 4.78 is 10.4. The van der Waals surface area contributed by atoms with Crippen LogP contribution in [-0.2, 0) is 4.74 Å². The van der Waals surface area contributed by atoms with E-state index in [2.05, 4.69) is 0 Å². The van der Waals surface area contributed by atoms with Crippen LogP contribution < -0.4 is 4.74 Å². The lowest BCUT2D eigenvalue weighted by atomic mass is 10.2. The smallest absolute Gasteiger partial charge is 0.151 e. The van der Waals surface area contributed by atoms with Crippen molar-refractivity contribution in [2.24, 2.45) is 0 Å². The third kappa shape index (κ3) is 4.08. The van der Waals surface area contributed by atoms with Crippen LogP contribution in [-0.4, -0.2) is 24.6 Å². The Morgan fingerprint density at radius 1 is 1.40 bits per heavy atom. The number of aryl methyl sites for hydroxylation is 1. The summed E-state index contributed by atoms with van der Waals surface area (Å²) in [6.45, 7) is 4.19. The van der Waals surface area contributed by atoms with Gasteiger partial charge in [-0.2, -0.15) is 0 Å². The Hall–Kier alpha value is -0.770. The molecule has 1 rings (SSSR count). The lowest BCUT2D eigenvalue weighted by Crippen LogP contribution is -2.13. The monoisotopic (exact) mass is 230 g/mol.